The van der Waals surface area contributed by atoms with Crippen molar-refractivity contribution in [1.29, 1.82) is 0 Å². The molecular weight excluding hydrogens is 376 g/mol. The average molecular weight is 389 g/mol. The summed E-state index contributed by atoms with van der Waals surface area (Å²) in [6.07, 6.45) is 0. The van der Waals surface area contributed by atoms with Gasteiger partial charge in [-0.1, -0.05) is 29.3 Å². The van der Waals surface area contributed by atoms with Crippen LogP contribution in [0.25, 0.3) is 0 Å². The van der Waals surface area contributed by atoms with Crippen molar-refractivity contribution in [1.82, 2.24) is 4.90 Å². The molecule has 1 amide bonds. The van der Waals surface area contributed by atoms with Crippen molar-refractivity contribution in [3.8, 4) is 0 Å². The van der Waals surface area contributed by atoms with Gasteiger partial charge in [0.1, 0.15) is 0 Å². The molecule has 1 aliphatic heterocycles. The molecule has 0 radical (unpaired) electrons. The van der Waals surface area contributed by atoms with Gasteiger partial charge in [-0.15, -0.1) is 0 Å². The van der Waals surface area contributed by atoms with Gasteiger partial charge in [0.2, 0.25) is 0 Å². The number of nitrogens with zero attached hydrogens (tertiary/aromatic N) is 2. The van der Waals surface area contributed by atoms with Gasteiger partial charge < -0.3 is 9.80 Å². The van der Waals surface area contributed by atoms with Gasteiger partial charge in [-0.25, -0.2) is 13.2 Å². The molecule has 1 saturated heterocycles. The molecule has 132 valence electrons. The zero-order chi connectivity index (χ0) is 18.1. The Morgan fingerprint density at radius 1 is 0.920 bits per heavy atom. The topological polar surface area (TPSA) is 23.6 Å². The van der Waals surface area contributed by atoms with Crippen LogP contribution in [0.1, 0.15) is 10.4 Å². The van der Waals surface area contributed by atoms with E-state index < -0.39 is 28.9 Å². The molecule has 0 aromatic heterocycles. The maximum atomic E-state index is 13.8. The SMILES string of the molecule is O=C(c1ccc(F)c(F)c1F)N1CCN(c2cccc(Cl)c2Cl)CC1. The second kappa shape index (κ2) is 7.14. The Morgan fingerprint density at radius 2 is 1.60 bits per heavy atom. The van der Waals surface area contributed by atoms with Crippen LogP contribution in [0.5, 0.6) is 0 Å². The number of benzene rings is 2. The van der Waals surface area contributed by atoms with E-state index in [4.69, 9.17) is 23.2 Å². The number of piperazine rings is 1. The molecule has 3 rings (SSSR count). The van der Waals surface area contributed by atoms with Gasteiger partial charge >= 0.3 is 0 Å². The van der Waals surface area contributed by atoms with Crippen LogP contribution in [0.15, 0.2) is 30.3 Å². The fourth-order valence-corrected chi connectivity index (χ4v) is 3.16. The summed E-state index contributed by atoms with van der Waals surface area (Å²) in [5, 5.41) is 0.858. The van der Waals surface area contributed by atoms with Gasteiger partial charge in [0, 0.05) is 26.2 Å². The van der Waals surface area contributed by atoms with Crippen LogP contribution >= 0.6 is 23.2 Å². The number of carbonyl (C=O) groups excluding carboxylic acids is 1. The zero-order valence-electron chi connectivity index (χ0n) is 12.9. The van der Waals surface area contributed by atoms with Crippen molar-refractivity contribution in [2.24, 2.45) is 0 Å². The summed E-state index contributed by atoms with van der Waals surface area (Å²) >= 11 is 12.2. The minimum Gasteiger partial charge on any atom is -0.367 e. The van der Waals surface area contributed by atoms with Crippen LogP contribution in [-0.4, -0.2) is 37.0 Å². The van der Waals surface area contributed by atoms with Gasteiger partial charge in [-0.05, 0) is 24.3 Å². The second-order valence-electron chi connectivity index (χ2n) is 5.58. The molecule has 0 N–H and O–H groups in total. The first kappa shape index (κ1) is 17.9. The third-order valence-electron chi connectivity index (χ3n) is 4.10. The Bertz CT molecular complexity index is 824. The van der Waals surface area contributed by atoms with E-state index in [-0.39, 0.29) is 0 Å². The monoisotopic (exact) mass is 388 g/mol. The molecular formula is C17H13Cl2F3N2O. The van der Waals surface area contributed by atoms with Crippen LogP contribution in [0.2, 0.25) is 10.0 Å². The smallest absolute Gasteiger partial charge is 0.257 e. The summed E-state index contributed by atoms with van der Waals surface area (Å²) in [4.78, 5) is 15.7. The van der Waals surface area contributed by atoms with Crippen molar-refractivity contribution in [2.75, 3.05) is 31.1 Å². The number of halogens is 5. The van der Waals surface area contributed by atoms with Gasteiger partial charge in [0.05, 0.1) is 21.3 Å². The molecule has 1 fully saturated rings. The number of amides is 1. The van der Waals surface area contributed by atoms with Crippen LogP contribution in [-0.2, 0) is 0 Å². The summed E-state index contributed by atoms with van der Waals surface area (Å²) in [7, 11) is 0. The summed E-state index contributed by atoms with van der Waals surface area (Å²) in [5.74, 6) is -5.11. The summed E-state index contributed by atoms with van der Waals surface area (Å²) in [5.41, 5.74) is 0.272. The molecule has 2 aromatic rings. The quantitative estimate of drug-likeness (QED) is 0.713. The number of rotatable bonds is 2. The van der Waals surface area contributed by atoms with Crippen LogP contribution < -0.4 is 4.90 Å². The van der Waals surface area contributed by atoms with E-state index in [1.54, 1.807) is 12.1 Å². The first-order valence-corrected chi connectivity index (χ1v) is 8.27. The number of hydrogen-bond acceptors (Lipinski definition) is 2. The van der Waals surface area contributed by atoms with Gasteiger partial charge in [0.15, 0.2) is 17.5 Å². The number of carbonyl (C=O) groups is 1. The highest BCUT2D eigenvalue weighted by Gasteiger charge is 2.27. The van der Waals surface area contributed by atoms with Crippen LogP contribution in [0, 0.1) is 17.5 Å². The van der Waals surface area contributed by atoms with Crippen LogP contribution in [0.3, 0.4) is 0 Å². The van der Waals surface area contributed by atoms with Gasteiger partial charge in [-0.3, -0.25) is 4.79 Å². The Balaban J connectivity index is 1.73. The van der Waals surface area contributed by atoms with Crippen molar-refractivity contribution >= 4 is 34.8 Å². The highest BCUT2D eigenvalue weighted by atomic mass is 35.5. The van der Waals surface area contributed by atoms with Crippen molar-refractivity contribution < 1.29 is 18.0 Å². The Morgan fingerprint density at radius 3 is 2.28 bits per heavy atom. The van der Waals surface area contributed by atoms with Crippen molar-refractivity contribution in [3.63, 3.8) is 0 Å². The molecule has 25 heavy (non-hydrogen) atoms. The maximum Gasteiger partial charge on any atom is 0.257 e. The lowest BCUT2D eigenvalue weighted by molar-refractivity contribution is 0.0740. The van der Waals surface area contributed by atoms with E-state index in [2.05, 4.69) is 0 Å². The largest absolute Gasteiger partial charge is 0.367 e. The predicted octanol–water partition coefficient (Wildman–Crippen LogP) is 4.37. The first-order chi connectivity index (χ1) is 11.9. The third kappa shape index (κ3) is 3.41. The van der Waals surface area contributed by atoms with E-state index >= 15 is 0 Å². The standard InChI is InChI=1S/C17H13Cl2F3N2O/c18-11-2-1-3-13(14(11)19)23-6-8-24(9-7-23)17(25)10-4-5-12(20)16(22)15(10)21/h1-5H,6-9H2. The van der Waals surface area contributed by atoms with E-state index in [9.17, 15) is 18.0 Å². The fraction of sp³-hybridized carbons (Fsp3) is 0.235. The first-order valence-electron chi connectivity index (χ1n) is 7.52. The third-order valence-corrected chi connectivity index (χ3v) is 4.91. The second-order valence-corrected chi connectivity index (χ2v) is 6.36. The molecule has 3 nitrogen and oxygen atoms in total. The summed E-state index contributed by atoms with van der Waals surface area (Å²) < 4.78 is 40.1. The van der Waals surface area contributed by atoms with Crippen molar-refractivity contribution in [3.05, 3.63) is 63.4 Å². The Labute approximate surface area is 152 Å². The zero-order valence-corrected chi connectivity index (χ0v) is 14.4. The van der Waals surface area contributed by atoms with Crippen molar-refractivity contribution in [2.45, 2.75) is 0 Å². The molecule has 0 unspecified atom stereocenters. The molecule has 2 aromatic carbocycles. The average Bonchev–Trinajstić information content (AvgIpc) is 2.62. The minimum absolute atomic E-state index is 0.292. The molecule has 0 atom stereocenters. The molecule has 1 heterocycles. The normalized spacial score (nSPS) is 14.8. The minimum atomic E-state index is -1.64. The molecule has 8 heteroatoms. The highest BCUT2D eigenvalue weighted by molar-refractivity contribution is 6.43. The lowest BCUT2D eigenvalue weighted by Crippen LogP contribution is -2.49. The van der Waals surface area contributed by atoms with E-state index in [1.807, 2.05) is 11.0 Å². The van der Waals surface area contributed by atoms with E-state index in [0.29, 0.717) is 36.2 Å². The van der Waals surface area contributed by atoms with Gasteiger partial charge in [-0.2, -0.15) is 0 Å². The van der Waals surface area contributed by atoms with Crippen LogP contribution in [0.4, 0.5) is 18.9 Å². The predicted molar refractivity (Wildman–Crippen MR) is 90.9 cm³/mol. The molecule has 0 saturated carbocycles. The fourth-order valence-electron chi connectivity index (χ4n) is 2.75. The molecule has 0 bridgehead atoms. The number of hydrogen-bond donors (Lipinski definition) is 0. The highest BCUT2D eigenvalue weighted by Crippen LogP contribution is 2.33. The molecule has 1 aliphatic rings. The Hall–Kier alpha value is -1.92. The molecule has 0 aliphatic carbocycles. The van der Waals surface area contributed by atoms with Gasteiger partial charge in [0.25, 0.3) is 5.91 Å². The lowest BCUT2D eigenvalue weighted by Gasteiger charge is -2.36. The maximum absolute atomic E-state index is 13.8. The molecule has 0 spiro atoms. The van der Waals surface area contributed by atoms with E-state index in [0.717, 1.165) is 17.8 Å². The summed E-state index contributed by atoms with van der Waals surface area (Å²) in [6, 6.07) is 6.97. The number of anilines is 1. The van der Waals surface area contributed by atoms with E-state index in [1.165, 1.54) is 4.90 Å². The summed E-state index contributed by atoms with van der Waals surface area (Å²) in [6.45, 7) is 1.49. The Kier molecular flexibility index (Phi) is 5.11. The lowest BCUT2D eigenvalue weighted by atomic mass is 10.1.